The number of alkyl halides is 3. The molecule has 0 radical (unpaired) electrons. The molecule has 2 nitrogen and oxygen atoms in total. The van der Waals surface area contributed by atoms with E-state index >= 15 is 0 Å². The van der Waals surface area contributed by atoms with Gasteiger partial charge >= 0.3 is 0 Å². The zero-order valence-electron chi connectivity index (χ0n) is 6.77. The van der Waals surface area contributed by atoms with E-state index in [1.165, 1.54) is 0 Å². The topological polar surface area (TPSA) is 36.7 Å². The highest BCUT2D eigenvalue weighted by Crippen LogP contribution is 2.31. The van der Waals surface area contributed by atoms with Crippen molar-refractivity contribution in [3.8, 4) is 6.07 Å². The van der Waals surface area contributed by atoms with Gasteiger partial charge in [-0.25, -0.2) is 8.78 Å². The van der Waals surface area contributed by atoms with Gasteiger partial charge in [0.1, 0.15) is 6.07 Å². The van der Waals surface area contributed by atoms with Gasteiger partial charge in [-0.05, 0) is 0 Å². The average Bonchev–Trinajstić information content (AvgIpc) is 2.16. The van der Waals surface area contributed by atoms with E-state index in [1.807, 2.05) is 0 Å². The monoisotopic (exact) mass is 236 g/mol. The molecule has 6 heteroatoms. The Hall–Kier alpha value is -0.920. The lowest BCUT2D eigenvalue weighted by Crippen LogP contribution is -1.98. The van der Waals surface area contributed by atoms with Crippen molar-refractivity contribution in [2.75, 3.05) is 0 Å². The molecule has 1 aromatic heterocycles. The van der Waals surface area contributed by atoms with Gasteiger partial charge in [0.2, 0.25) is 0 Å². The fraction of sp³-hybridized carbons (Fsp3) is 0.250. The van der Waals surface area contributed by atoms with Crippen LogP contribution in [-0.4, -0.2) is 4.98 Å². The Bertz CT molecular complexity index is 388. The number of nitrogens with zero attached hydrogens (tertiary/aromatic N) is 2. The summed E-state index contributed by atoms with van der Waals surface area (Å²) < 4.78 is 25.0. The average molecular weight is 237 g/mol. The molecule has 0 saturated heterocycles. The molecule has 0 unspecified atom stereocenters. The molecule has 14 heavy (non-hydrogen) atoms. The minimum atomic E-state index is -2.80. The number of rotatable bonds is 2. The van der Waals surface area contributed by atoms with Crippen molar-refractivity contribution in [1.82, 2.24) is 4.98 Å². The van der Waals surface area contributed by atoms with Crippen LogP contribution in [0.15, 0.2) is 6.20 Å². The molecule has 0 aliphatic carbocycles. The summed E-state index contributed by atoms with van der Waals surface area (Å²) in [6.07, 6.45) is -1.76. The number of pyridine rings is 1. The predicted octanol–water partition coefficient (Wildman–Crippen LogP) is 3.28. The summed E-state index contributed by atoms with van der Waals surface area (Å²) in [5.41, 5.74) is -0.568. The molecule has 0 fully saturated rings. The van der Waals surface area contributed by atoms with Gasteiger partial charge < -0.3 is 0 Å². The van der Waals surface area contributed by atoms with Crippen LogP contribution in [0.3, 0.4) is 0 Å². The van der Waals surface area contributed by atoms with E-state index in [2.05, 4.69) is 4.98 Å². The van der Waals surface area contributed by atoms with Crippen LogP contribution in [0, 0.1) is 11.3 Å². The first-order valence-electron chi connectivity index (χ1n) is 3.53. The van der Waals surface area contributed by atoms with E-state index in [0.29, 0.717) is 0 Å². The maximum atomic E-state index is 12.5. The standard InChI is InChI=1S/C8H4Cl2F2N2/c9-1-5-7(10)6(8(11)12)4(2-13)3-14-5/h3,8H,1H2. The molecular formula is C8H4Cl2F2N2. The second-order valence-electron chi connectivity index (χ2n) is 2.39. The molecule has 0 atom stereocenters. The van der Waals surface area contributed by atoms with Gasteiger partial charge in [0.05, 0.1) is 27.7 Å². The van der Waals surface area contributed by atoms with Crippen LogP contribution in [0.1, 0.15) is 23.2 Å². The van der Waals surface area contributed by atoms with Gasteiger partial charge in [-0.1, -0.05) is 11.6 Å². The van der Waals surface area contributed by atoms with Gasteiger partial charge in [-0.2, -0.15) is 5.26 Å². The Kier molecular flexibility index (Phi) is 3.62. The maximum absolute atomic E-state index is 12.5. The van der Waals surface area contributed by atoms with Gasteiger partial charge in [0.25, 0.3) is 6.43 Å². The molecule has 0 aromatic carbocycles. The minimum Gasteiger partial charge on any atom is -0.257 e. The first-order valence-corrected chi connectivity index (χ1v) is 4.44. The summed E-state index contributed by atoms with van der Waals surface area (Å²) in [6, 6.07) is 1.60. The largest absolute Gasteiger partial charge is 0.266 e. The molecule has 0 N–H and O–H groups in total. The van der Waals surface area contributed by atoms with E-state index in [9.17, 15) is 8.78 Å². The van der Waals surface area contributed by atoms with Crippen molar-refractivity contribution >= 4 is 23.2 Å². The van der Waals surface area contributed by atoms with Crippen molar-refractivity contribution < 1.29 is 8.78 Å². The molecule has 0 aliphatic rings. The van der Waals surface area contributed by atoms with E-state index in [0.717, 1.165) is 6.20 Å². The summed E-state index contributed by atoms with van der Waals surface area (Å²) in [4.78, 5) is 3.69. The summed E-state index contributed by atoms with van der Waals surface area (Å²) >= 11 is 11.0. The van der Waals surface area contributed by atoms with Gasteiger partial charge in [0, 0.05) is 6.20 Å². The summed E-state index contributed by atoms with van der Waals surface area (Å²) in [5.74, 6) is -0.0652. The molecule has 1 rings (SSSR count). The van der Waals surface area contributed by atoms with Crippen LogP contribution >= 0.6 is 23.2 Å². The van der Waals surface area contributed by atoms with Gasteiger partial charge in [0.15, 0.2) is 0 Å². The number of halogens is 4. The van der Waals surface area contributed by atoms with E-state index in [4.69, 9.17) is 28.5 Å². The van der Waals surface area contributed by atoms with Crippen molar-refractivity contribution in [3.05, 3.63) is 28.0 Å². The zero-order valence-corrected chi connectivity index (χ0v) is 8.28. The second kappa shape index (κ2) is 4.54. The summed E-state index contributed by atoms with van der Waals surface area (Å²) in [7, 11) is 0. The molecule has 0 spiro atoms. The van der Waals surface area contributed by atoms with Crippen molar-refractivity contribution in [3.63, 3.8) is 0 Å². The third-order valence-electron chi connectivity index (χ3n) is 1.59. The smallest absolute Gasteiger partial charge is 0.257 e. The van der Waals surface area contributed by atoms with Crippen LogP contribution in [0.25, 0.3) is 0 Å². The maximum Gasteiger partial charge on any atom is 0.266 e. The molecule has 0 bridgehead atoms. The molecule has 1 aromatic rings. The van der Waals surface area contributed by atoms with Crippen LogP contribution < -0.4 is 0 Å². The highest BCUT2D eigenvalue weighted by Gasteiger charge is 2.20. The van der Waals surface area contributed by atoms with Crippen molar-refractivity contribution in [2.24, 2.45) is 0 Å². The lowest BCUT2D eigenvalue weighted by molar-refractivity contribution is 0.151. The van der Waals surface area contributed by atoms with Crippen molar-refractivity contribution in [1.29, 1.82) is 5.26 Å². The number of hydrogen-bond acceptors (Lipinski definition) is 2. The third kappa shape index (κ3) is 1.94. The Morgan fingerprint density at radius 3 is 2.64 bits per heavy atom. The van der Waals surface area contributed by atoms with Gasteiger partial charge in [-0.3, -0.25) is 4.98 Å². The normalized spacial score (nSPS) is 10.3. The fourth-order valence-electron chi connectivity index (χ4n) is 0.938. The Morgan fingerprint density at radius 1 is 1.57 bits per heavy atom. The Labute approximate surface area is 89.1 Å². The first-order chi connectivity index (χ1) is 6.61. The SMILES string of the molecule is N#Cc1cnc(CCl)c(Cl)c1C(F)F. The lowest BCUT2D eigenvalue weighted by atomic mass is 10.1. The number of hydrogen-bond donors (Lipinski definition) is 0. The molecular weight excluding hydrogens is 233 g/mol. The molecule has 0 saturated carbocycles. The van der Waals surface area contributed by atoms with Gasteiger partial charge in [-0.15, -0.1) is 11.6 Å². The number of nitriles is 1. The zero-order chi connectivity index (χ0) is 10.7. The van der Waals surface area contributed by atoms with Crippen molar-refractivity contribution in [2.45, 2.75) is 12.3 Å². The quantitative estimate of drug-likeness (QED) is 0.740. The van der Waals surface area contributed by atoms with Crippen LogP contribution in [0.2, 0.25) is 5.02 Å². The number of aromatic nitrogens is 1. The molecule has 0 aliphatic heterocycles. The summed E-state index contributed by atoms with van der Waals surface area (Å²) in [5, 5.41) is 8.31. The van der Waals surface area contributed by atoms with E-state index in [1.54, 1.807) is 6.07 Å². The molecule has 0 amide bonds. The Balaban J connectivity index is 3.41. The molecule has 1 heterocycles. The highest BCUT2D eigenvalue weighted by atomic mass is 35.5. The highest BCUT2D eigenvalue weighted by molar-refractivity contribution is 6.33. The van der Waals surface area contributed by atoms with Crippen LogP contribution in [0.5, 0.6) is 0 Å². The Morgan fingerprint density at radius 2 is 2.21 bits per heavy atom. The minimum absolute atomic E-state index is 0.0652. The lowest BCUT2D eigenvalue weighted by Gasteiger charge is -2.07. The fourth-order valence-corrected chi connectivity index (χ4v) is 1.51. The molecule has 74 valence electrons. The summed E-state index contributed by atoms with van der Waals surface area (Å²) in [6.45, 7) is 0. The van der Waals surface area contributed by atoms with Crippen LogP contribution in [0.4, 0.5) is 8.78 Å². The predicted molar refractivity (Wildman–Crippen MR) is 48.5 cm³/mol. The van der Waals surface area contributed by atoms with Crippen LogP contribution in [-0.2, 0) is 5.88 Å². The van der Waals surface area contributed by atoms with E-state index < -0.39 is 12.0 Å². The third-order valence-corrected chi connectivity index (χ3v) is 2.27. The first kappa shape index (κ1) is 11.2. The second-order valence-corrected chi connectivity index (χ2v) is 3.04. The van der Waals surface area contributed by atoms with E-state index in [-0.39, 0.29) is 22.2 Å².